The number of fused-ring (bicyclic) bond motifs is 4. The van der Waals surface area contributed by atoms with Crippen molar-refractivity contribution in [3.63, 3.8) is 0 Å². The first-order valence-electron chi connectivity index (χ1n) is 13.6. The first kappa shape index (κ1) is 37.8. The van der Waals surface area contributed by atoms with Crippen molar-refractivity contribution in [2.75, 3.05) is 5.75 Å². The van der Waals surface area contributed by atoms with Crippen LogP contribution in [0.4, 0.5) is 50.4 Å². The van der Waals surface area contributed by atoms with E-state index in [0.717, 1.165) is 41.6 Å². The number of allylic oxidation sites excluding steroid dienone is 1. The molecule has 2 nitrogen and oxygen atoms in total. The van der Waals surface area contributed by atoms with E-state index in [9.17, 15) is 50.4 Å². The van der Waals surface area contributed by atoms with Crippen molar-refractivity contribution in [3.8, 4) is 23.0 Å². The molecule has 0 aliphatic carbocycles. The normalized spacial score (nSPS) is 17.4. The monoisotopic (exact) mass is 772 g/mol. The molecular formula is C30H26F12O2P2S2. The molecule has 2 heterocycles. The summed E-state index contributed by atoms with van der Waals surface area (Å²) in [5.41, 5.74) is 0. The van der Waals surface area contributed by atoms with Crippen LogP contribution in [0.1, 0.15) is 12.8 Å². The Hall–Kier alpha value is -3.06. The van der Waals surface area contributed by atoms with Crippen LogP contribution in [0.25, 0.3) is 0 Å². The second kappa shape index (κ2) is 12.1. The second-order valence-corrected chi connectivity index (χ2v) is 18.3. The summed E-state index contributed by atoms with van der Waals surface area (Å²) in [6.07, 6.45) is 4.14. The molecule has 6 rings (SSSR count). The van der Waals surface area contributed by atoms with Crippen molar-refractivity contribution in [2.45, 2.75) is 37.7 Å². The fourth-order valence-corrected chi connectivity index (χ4v) is 10.4. The third kappa shape index (κ3) is 12.8. The van der Waals surface area contributed by atoms with Gasteiger partial charge in [0.05, 0.1) is 21.8 Å². The van der Waals surface area contributed by atoms with Crippen LogP contribution in [0, 0.1) is 0 Å². The molecule has 4 aromatic rings. The summed E-state index contributed by atoms with van der Waals surface area (Å²) in [5, 5.41) is 0.451. The maximum atomic E-state index is 9.87. The molecule has 2 aliphatic heterocycles. The summed E-state index contributed by atoms with van der Waals surface area (Å²) in [6, 6.07) is 34.2. The molecule has 0 bridgehead atoms. The van der Waals surface area contributed by atoms with Crippen molar-refractivity contribution in [1.82, 2.24) is 0 Å². The van der Waals surface area contributed by atoms with Gasteiger partial charge < -0.3 is 9.47 Å². The molecule has 0 saturated carbocycles. The van der Waals surface area contributed by atoms with Gasteiger partial charge in [-0.2, -0.15) is 0 Å². The van der Waals surface area contributed by atoms with E-state index in [1.807, 2.05) is 0 Å². The first-order valence-corrected chi connectivity index (χ1v) is 20.4. The Morgan fingerprint density at radius 1 is 0.521 bits per heavy atom. The topological polar surface area (TPSA) is 18.5 Å². The van der Waals surface area contributed by atoms with Gasteiger partial charge in [-0.3, -0.25) is 0 Å². The zero-order valence-electron chi connectivity index (χ0n) is 24.3. The number of para-hydroxylation sites is 4. The standard InChI is InChI=1S/C30H26O2S2.2F6P/c1-2-3-12-22(34-29-19-10-6-15-25(29)32-26-16-7-11-20-30(26)34)21-33-27-17-8-4-13-23(27)31-24-14-5-9-18-28(24)33;2*1-7(2,3,4,5)6/h2,4-11,13-20,22H,1,3,12,21H2;;/q+2;2*-1. The van der Waals surface area contributed by atoms with Crippen molar-refractivity contribution in [3.05, 3.63) is 110 Å². The Morgan fingerprint density at radius 2 is 0.812 bits per heavy atom. The average Bonchev–Trinajstić information content (AvgIpc) is 2.94. The van der Waals surface area contributed by atoms with E-state index in [2.05, 4.69) is 110 Å². The molecule has 4 aromatic carbocycles. The van der Waals surface area contributed by atoms with E-state index < -0.39 is 15.6 Å². The maximum absolute atomic E-state index is 10.7. The zero-order chi connectivity index (χ0) is 35.7. The van der Waals surface area contributed by atoms with E-state index in [-0.39, 0.29) is 21.8 Å². The number of ether oxygens (including phenoxy) is 2. The number of hydrogen-bond acceptors (Lipinski definition) is 2. The van der Waals surface area contributed by atoms with Gasteiger partial charge in [-0.15, -0.1) is 6.58 Å². The second-order valence-electron chi connectivity index (χ2n) is 10.3. The van der Waals surface area contributed by atoms with Crippen molar-refractivity contribution in [2.24, 2.45) is 0 Å². The minimum atomic E-state index is -10.7. The Kier molecular flexibility index (Phi) is 9.49. The Labute approximate surface area is 272 Å². The summed E-state index contributed by atoms with van der Waals surface area (Å²) in [5.74, 6) is 5.02. The van der Waals surface area contributed by atoms with Crippen LogP contribution in [0.15, 0.2) is 129 Å². The zero-order valence-corrected chi connectivity index (χ0v) is 27.7. The number of halogens is 12. The molecule has 264 valence electrons. The van der Waals surface area contributed by atoms with Crippen LogP contribution < -0.4 is 9.47 Å². The van der Waals surface area contributed by atoms with E-state index in [1.54, 1.807) is 0 Å². The number of benzene rings is 4. The molecule has 0 amide bonds. The predicted octanol–water partition coefficient (Wildman–Crippen LogP) is 14.8. The molecule has 2 aliphatic rings. The summed E-state index contributed by atoms with van der Waals surface area (Å²) in [6.45, 7) is 4.05. The van der Waals surface area contributed by atoms with Crippen LogP contribution >= 0.6 is 15.6 Å². The molecule has 48 heavy (non-hydrogen) atoms. The quantitative estimate of drug-likeness (QED) is 0.0841. The Balaban J connectivity index is 0.000000314. The summed E-state index contributed by atoms with van der Waals surface area (Å²) in [4.78, 5) is 5.24. The van der Waals surface area contributed by atoms with Gasteiger partial charge in [0.25, 0.3) is 0 Å². The van der Waals surface area contributed by atoms with Crippen molar-refractivity contribution >= 4 is 37.4 Å². The van der Waals surface area contributed by atoms with Crippen LogP contribution in [-0.2, 0) is 21.8 Å². The fraction of sp³-hybridized carbons (Fsp3) is 0.133. The molecule has 0 saturated heterocycles. The van der Waals surface area contributed by atoms with Crippen molar-refractivity contribution < 1.29 is 59.8 Å². The van der Waals surface area contributed by atoms with Crippen LogP contribution in [0.3, 0.4) is 0 Å². The Morgan fingerprint density at radius 3 is 1.15 bits per heavy atom. The summed E-state index contributed by atoms with van der Waals surface area (Å²) >= 11 is 0. The molecule has 1 unspecified atom stereocenters. The molecular weight excluding hydrogens is 746 g/mol. The molecule has 1 atom stereocenters. The Bertz CT molecular complexity index is 1660. The summed E-state index contributed by atoms with van der Waals surface area (Å²) in [7, 11) is -21.5. The van der Waals surface area contributed by atoms with Gasteiger partial charge in [-0.05, 0) is 55.0 Å². The van der Waals surface area contributed by atoms with E-state index in [0.29, 0.717) is 5.25 Å². The van der Waals surface area contributed by atoms with Crippen LogP contribution in [-0.4, -0.2) is 11.0 Å². The van der Waals surface area contributed by atoms with Gasteiger partial charge >= 0.3 is 66.0 Å². The van der Waals surface area contributed by atoms with Crippen LogP contribution in [0.5, 0.6) is 23.0 Å². The van der Waals surface area contributed by atoms with Gasteiger partial charge in [0, 0.05) is 6.42 Å². The third-order valence-corrected chi connectivity index (χ3v) is 11.6. The molecule has 18 heteroatoms. The van der Waals surface area contributed by atoms with Gasteiger partial charge in [0.15, 0.2) is 34.0 Å². The summed E-state index contributed by atoms with van der Waals surface area (Å²) < 4.78 is 131. The van der Waals surface area contributed by atoms with Crippen LogP contribution in [0.2, 0.25) is 0 Å². The first-order chi connectivity index (χ1) is 21.7. The molecule has 0 spiro atoms. The molecule has 0 fully saturated rings. The minimum absolute atomic E-state index is 0.0765. The molecule has 0 radical (unpaired) electrons. The van der Waals surface area contributed by atoms with Crippen molar-refractivity contribution in [1.29, 1.82) is 0 Å². The third-order valence-electron chi connectivity index (χ3n) is 6.22. The average molecular weight is 773 g/mol. The van der Waals surface area contributed by atoms with Gasteiger partial charge in [0.1, 0.15) is 0 Å². The predicted molar refractivity (Wildman–Crippen MR) is 169 cm³/mol. The SMILES string of the molecule is C=CCCC(C[S+]1c2ccccc2Oc2ccccc21)[S+]1c2ccccc2Oc2ccccc21.F[P-](F)(F)(F)(F)F.F[P-](F)(F)(F)(F)F. The van der Waals surface area contributed by atoms with Gasteiger partial charge in [-0.25, -0.2) is 0 Å². The molecule has 0 aromatic heterocycles. The van der Waals surface area contributed by atoms with Gasteiger partial charge in [-0.1, -0.05) is 54.6 Å². The van der Waals surface area contributed by atoms with Gasteiger partial charge in [0.2, 0.25) is 19.6 Å². The molecule has 0 N–H and O–H groups in total. The number of rotatable bonds is 6. The van der Waals surface area contributed by atoms with E-state index in [1.165, 1.54) is 19.6 Å². The fourth-order valence-electron chi connectivity index (χ4n) is 4.68. The van der Waals surface area contributed by atoms with E-state index in [4.69, 9.17) is 9.47 Å². The number of hydrogen-bond donors (Lipinski definition) is 0. The van der Waals surface area contributed by atoms with E-state index >= 15 is 0 Å².